The van der Waals surface area contributed by atoms with E-state index in [0.29, 0.717) is 19.7 Å². The number of benzene rings is 1. The van der Waals surface area contributed by atoms with Gasteiger partial charge in [-0.25, -0.2) is 0 Å². The number of carbonyl (C=O) groups is 2. The lowest BCUT2D eigenvalue weighted by Gasteiger charge is -2.20. The van der Waals surface area contributed by atoms with Crippen molar-refractivity contribution in [3.8, 4) is 5.75 Å². The lowest BCUT2D eigenvalue weighted by molar-refractivity contribution is -0.144. The first-order chi connectivity index (χ1) is 10.6. The van der Waals surface area contributed by atoms with E-state index >= 15 is 0 Å². The van der Waals surface area contributed by atoms with Crippen molar-refractivity contribution < 1.29 is 19.1 Å². The first-order valence-corrected chi connectivity index (χ1v) is 7.28. The van der Waals surface area contributed by atoms with Gasteiger partial charge >= 0.3 is 5.97 Å². The second-order valence-electron chi connectivity index (χ2n) is 4.71. The molecule has 0 aliphatic rings. The molecule has 0 fully saturated rings. The van der Waals surface area contributed by atoms with Gasteiger partial charge in [0.15, 0.2) is 0 Å². The van der Waals surface area contributed by atoms with Gasteiger partial charge in [0.2, 0.25) is 5.91 Å². The molecule has 120 valence electrons. The Morgan fingerprint density at radius 3 is 2.50 bits per heavy atom. The molecule has 0 bridgehead atoms. The van der Waals surface area contributed by atoms with Gasteiger partial charge < -0.3 is 14.4 Å². The molecule has 0 atom stereocenters. The van der Waals surface area contributed by atoms with Gasteiger partial charge in [0.25, 0.3) is 0 Å². The van der Waals surface area contributed by atoms with E-state index in [1.165, 1.54) is 0 Å². The van der Waals surface area contributed by atoms with Crippen LogP contribution in [0.15, 0.2) is 36.9 Å². The second-order valence-corrected chi connectivity index (χ2v) is 4.71. The number of esters is 1. The van der Waals surface area contributed by atoms with E-state index in [2.05, 4.69) is 6.58 Å². The smallest absolute Gasteiger partial charge is 0.307 e. The molecule has 0 radical (unpaired) electrons. The Morgan fingerprint density at radius 2 is 1.95 bits per heavy atom. The van der Waals surface area contributed by atoms with Crippen LogP contribution in [0, 0.1) is 0 Å². The summed E-state index contributed by atoms with van der Waals surface area (Å²) in [5, 5.41) is 0. The Morgan fingerprint density at radius 1 is 1.27 bits per heavy atom. The maximum atomic E-state index is 12.3. The molecule has 0 aliphatic carbocycles. The molecule has 5 heteroatoms. The van der Waals surface area contributed by atoms with E-state index < -0.39 is 0 Å². The highest BCUT2D eigenvalue weighted by atomic mass is 16.5. The van der Waals surface area contributed by atoms with Gasteiger partial charge in [-0.3, -0.25) is 9.59 Å². The summed E-state index contributed by atoms with van der Waals surface area (Å²) in [7, 11) is 1.60. The van der Waals surface area contributed by atoms with Gasteiger partial charge in [0.1, 0.15) is 5.75 Å². The van der Waals surface area contributed by atoms with Crippen LogP contribution in [0.2, 0.25) is 0 Å². The van der Waals surface area contributed by atoms with Crippen LogP contribution in [-0.2, 0) is 20.7 Å². The first kappa shape index (κ1) is 17.8. The van der Waals surface area contributed by atoms with Crippen molar-refractivity contribution in [1.82, 2.24) is 4.90 Å². The van der Waals surface area contributed by atoms with Crippen LogP contribution >= 0.6 is 0 Å². The SMILES string of the molecule is C=CCN(CCC(=O)OCC)C(=O)Cc1ccc(OC)cc1. The lowest BCUT2D eigenvalue weighted by atomic mass is 10.1. The van der Waals surface area contributed by atoms with Crippen molar-refractivity contribution in [1.29, 1.82) is 0 Å². The van der Waals surface area contributed by atoms with E-state index in [1.54, 1.807) is 25.0 Å². The molecule has 0 heterocycles. The largest absolute Gasteiger partial charge is 0.497 e. The molecule has 5 nitrogen and oxygen atoms in total. The molecule has 1 aromatic rings. The second kappa shape index (κ2) is 9.60. The monoisotopic (exact) mass is 305 g/mol. The Bertz CT molecular complexity index is 496. The fourth-order valence-electron chi connectivity index (χ4n) is 1.96. The number of hydrogen-bond acceptors (Lipinski definition) is 4. The van der Waals surface area contributed by atoms with E-state index in [1.807, 2.05) is 24.3 Å². The Kier molecular flexibility index (Phi) is 7.75. The molecule has 22 heavy (non-hydrogen) atoms. The summed E-state index contributed by atoms with van der Waals surface area (Å²) in [5.74, 6) is 0.407. The highest BCUT2D eigenvalue weighted by Crippen LogP contribution is 2.12. The number of rotatable bonds is 9. The first-order valence-electron chi connectivity index (χ1n) is 7.28. The fraction of sp³-hybridized carbons (Fsp3) is 0.412. The fourth-order valence-corrected chi connectivity index (χ4v) is 1.96. The average Bonchev–Trinajstić information content (AvgIpc) is 2.52. The molecule has 1 amide bonds. The molecular formula is C17H23NO4. The normalized spacial score (nSPS) is 9.91. The molecule has 0 aromatic heterocycles. The van der Waals surface area contributed by atoms with Gasteiger partial charge in [-0.2, -0.15) is 0 Å². The third kappa shape index (κ3) is 5.99. The zero-order valence-electron chi connectivity index (χ0n) is 13.2. The summed E-state index contributed by atoms with van der Waals surface area (Å²) >= 11 is 0. The summed E-state index contributed by atoms with van der Waals surface area (Å²) in [6.07, 6.45) is 2.12. The van der Waals surface area contributed by atoms with Gasteiger partial charge in [-0.1, -0.05) is 18.2 Å². The van der Waals surface area contributed by atoms with Crippen LogP contribution in [0.3, 0.4) is 0 Å². The predicted molar refractivity (Wildman–Crippen MR) is 84.7 cm³/mol. The van der Waals surface area contributed by atoms with Crippen molar-refractivity contribution in [2.45, 2.75) is 19.8 Å². The van der Waals surface area contributed by atoms with Crippen LogP contribution in [0.1, 0.15) is 18.9 Å². The molecular weight excluding hydrogens is 282 g/mol. The molecule has 0 aliphatic heterocycles. The number of hydrogen-bond donors (Lipinski definition) is 0. The Labute approximate surface area is 131 Å². The Balaban J connectivity index is 2.59. The summed E-state index contributed by atoms with van der Waals surface area (Å²) in [5.41, 5.74) is 0.899. The third-order valence-electron chi connectivity index (χ3n) is 3.11. The highest BCUT2D eigenvalue weighted by molar-refractivity contribution is 5.79. The van der Waals surface area contributed by atoms with Crippen molar-refractivity contribution >= 4 is 11.9 Å². The zero-order chi connectivity index (χ0) is 16.4. The van der Waals surface area contributed by atoms with Crippen molar-refractivity contribution in [2.75, 3.05) is 26.8 Å². The number of methoxy groups -OCH3 is 1. The summed E-state index contributed by atoms with van der Waals surface area (Å²) in [4.78, 5) is 25.3. The summed E-state index contributed by atoms with van der Waals surface area (Å²) < 4.78 is 9.97. The van der Waals surface area contributed by atoms with Crippen molar-refractivity contribution in [3.05, 3.63) is 42.5 Å². The Hall–Kier alpha value is -2.30. The van der Waals surface area contributed by atoms with Crippen LogP contribution in [0.25, 0.3) is 0 Å². The van der Waals surface area contributed by atoms with Crippen molar-refractivity contribution in [2.24, 2.45) is 0 Å². The average molecular weight is 305 g/mol. The third-order valence-corrected chi connectivity index (χ3v) is 3.11. The van der Waals surface area contributed by atoms with E-state index in [0.717, 1.165) is 11.3 Å². The van der Waals surface area contributed by atoms with Gasteiger partial charge in [0, 0.05) is 13.1 Å². The molecule has 0 unspecified atom stereocenters. The van der Waals surface area contributed by atoms with Crippen LogP contribution < -0.4 is 4.74 Å². The molecule has 0 saturated carbocycles. The van der Waals surface area contributed by atoms with Gasteiger partial charge in [-0.15, -0.1) is 6.58 Å². The molecule has 0 saturated heterocycles. The minimum atomic E-state index is -0.297. The number of amides is 1. The zero-order valence-corrected chi connectivity index (χ0v) is 13.2. The maximum absolute atomic E-state index is 12.3. The van der Waals surface area contributed by atoms with Crippen LogP contribution in [-0.4, -0.2) is 43.6 Å². The van der Waals surface area contributed by atoms with E-state index in [-0.39, 0.29) is 24.7 Å². The predicted octanol–water partition coefficient (Wildman–Crippen LogP) is 2.21. The summed E-state index contributed by atoms with van der Waals surface area (Å²) in [6, 6.07) is 7.35. The number of ether oxygens (including phenoxy) is 2. The topological polar surface area (TPSA) is 55.8 Å². The molecule has 0 N–H and O–H groups in total. The lowest BCUT2D eigenvalue weighted by Crippen LogP contribution is -2.34. The van der Waals surface area contributed by atoms with E-state index in [9.17, 15) is 9.59 Å². The molecule has 1 rings (SSSR count). The number of nitrogens with zero attached hydrogens (tertiary/aromatic N) is 1. The van der Waals surface area contributed by atoms with E-state index in [4.69, 9.17) is 9.47 Å². The van der Waals surface area contributed by atoms with Crippen LogP contribution in [0.5, 0.6) is 5.75 Å². The molecule has 0 spiro atoms. The van der Waals surface area contributed by atoms with Gasteiger partial charge in [0.05, 0.1) is 26.6 Å². The minimum absolute atomic E-state index is 0.0469. The maximum Gasteiger partial charge on any atom is 0.307 e. The van der Waals surface area contributed by atoms with Crippen LogP contribution in [0.4, 0.5) is 0 Å². The molecule has 1 aromatic carbocycles. The minimum Gasteiger partial charge on any atom is -0.497 e. The quantitative estimate of drug-likeness (QED) is 0.518. The number of carbonyl (C=O) groups excluding carboxylic acids is 2. The highest BCUT2D eigenvalue weighted by Gasteiger charge is 2.14. The van der Waals surface area contributed by atoms with Gasteiger partial charge in [-0.05, 0) is 24.6 Å². The summed E-state index contributed by atoms with van der Waals surface area (Å²) in [6.45, 7) is 6.50. The standard InChI is InChI=1S/C17H23NO4/c1-4-11-18(12-10-17(20)22-5-2)16(19)13-14-6-8-15(21-3)9-7-14/h4,6-9H,1,5,10-13H2,2-3H3. The van der Waals surface area contributed by atoms with Crippen molar-refractivity contribution in [3.63, 3.8) is 0 Å².